The Bertz CT molecular complexity index is 767. The van der Waals surface area contributed by atoms with Crippen molar-refractivity contribution in [2.24, 2.45) is 11.7 Å². The Morgan fingerprint density at radius 2 is 1.92 bits per heavy atom. The zero-order valence-electron chi connectivity index (χ0n) is 15.3. The van der Waals surface area contributed by atoms with Crippen LogP contribution in [0.3, 0.4) is 0 Å². The maximum atomic E-state index is 12.8. The molecule has 2 aliphatic heterocycles. The topological polar surface area (TPSA) is 92.9 Å². The van der Waals surface area contributed by atoms with Crippen molar-refractivity contribution in [2.75, 3.05) is 32.8 Å². The van der Waals surface area contributed by atoms with E-state index in [1.165, 1.54) is 4.31 Å². The molecule has 2 saturated heterocycles. The molecular formula is C18H27N3O4S. The van der Waals surface area contributed by atoms with Crippen molar-refractivity contribution >= 4 is 15.9 Å². The Balaban J connectivity index is 1.60. The van der Waals surface area contributed by atoms with Gasteiger partial charge in [-0.05, 0) is 63.5 Å². The van der Waals surface area contributed by atoms with Crippen molar-refractivity contribution in [3.05, 3.63) is 23.8 Å². The third-order valence-corrected chi connectivity index (χ3v) is 7.19. The maximum absolute atomic E-state index is 12.8. The van der Waals surface area contributed by atoms with E-state index in [1.807, 2.05) is 13.8 Å². The Hall–Kier alpha value is -1.64. The van der Waals surface area contributed by atoms with Gasteiger partial charge in [0.1, 0.15) is 5.75 Å². The van der Waals surface area contributed by atoms with Crippen LogP contribution in [0.4, 0.5) is 0 Å². The van der Waals surface area contributed by atoms with E-state index in [0.29, 0.717) is 30.3 Å². The van der Waals surface area contributed by atoms with Crippen molar-refractivity contribution in [1.82, 2.24) is 9.21 Å². The molecule has 0 saturated carbocycles. The Morgan fingerprint density at radius 1 is 1.27 bits per heavy atom. The molecule has 0 bridgehead atoms. The predicted molar refractivity (Wildman–Crippen MR) is 98.4 cm³/mol. The molecule has 1 amide bonds. The first-order valence-electron chi connectivity index (χ1n) is 9.10. The molecule has 8 heteroatoms. The van der Waals surface area contributed by atoms with Gasteiger partial charge < -0.3 is 10.5 Å². The van der Waals surface area contributed by atoms with Gasteiger partial charge in [0.25, 0.3) is 0 Å². The van der Waals surface area contributed by atoms with Gasteiger partial charge in [-0.15, -0.1) is 0 Å². The molecule has 144 valence electrons. The number of sulfonamides is 1. The number of primary amides is 1. The average molecular weight is 381 g/mol. The van der Waals surface area contributed by atoms with Gasteiger partial charge in [-0.1, -0.05) is 0 Å². The third-order valence-electron chi connectivity index (χ3n) is 5.36. The molecule has 0 atom stereocenters. The number of nitrogens with zero attached hydrogens (tertiary/aromatic N) is 2. The first-order chi connectivity index (χ1) is 12.3. The lowest BCUT2D eigenvalue weighted by Crippen LogP contribution is -2.62. The number of amides is 1. The van der Waals surface area contributed by atoms with Gasteiger partial charge in [0.2, 0.25) is 15.9 Å². The van der Waals surface area contributed by atoms with Crippen LogP contribution < -0.4 is 10.5 Å². The van der Waals surface area contributed by atoms with Gasteiger partial charge in [0, 0.05) is 25.0 Å². The standard InChI is InChI=1S/C18H27N3O4S/c1-3-25-17-5-4-16(10-13(17)2)26(23,24)21-11-15(12-21)20-8-6-14(7-9-20)18(19)22/h4-5,10,14-15H,3,6-9,11-12H2,1-2H3,(H2,19,22). The van der Waals surface area contributed by atoms with Crippen LogP contribution in [-0.2, 0) is 14.8 Å². The number of rotatable bonds is 6. The maximum Gasteiger partial charge on any atom is 0.243 e. The molecule has 0 radical (unpaired) electrons. The Kier molecular flexibility index (Phi) is 5.55. The molecule has 7 nitrogen and oxygen atoms in total. The Morgan fingerprint density at radius 3 is 2.46 bits per heavy atom. The van der Waals surface area contributed by atoms with Crippen LogP contribution >= 0.6 is 0 Å². The van der Waals surface area contributed by atoms with Crippen LogP contribution in [-0.4, -0.2) is 62.4 Å². The van der Waals surface area contributed by atoms with Gasteiger partial charge in [0.05, 0.1) is 11.5 Å². The molecule has 2 aliphatic rings. The first-order valence-corrected chi connectivity index (χ1v) is 10.5. The summed E-state index contributed by atoms with van der Waals surface area (Å²) >= 11 is 0. The van der Waals surface area contributed by atoms with Crippen LogP contribution in [0.1, 0.15) is 25.3 Å². The fourth-order valence-electron chi connectivity index (χ4n) is 3.64. The highest BCUT2D eigenvalue weighted by atomic mass is 32.2. The number of carbonyl (C=O) groups excluding carboxylic acids is 1. The van der Waals surface area contributed by atoms with E-state index in [2.05, 4.69) is 4.90 Å². The first kappa shape index (κ1) is 19.1. The SMILES string of the molecule is CCOc1ccc(S(=O)(=O)N2CC(N3CCC(C(N)=O)CC3)C2)cc1C. The summed E-state index contributed by atoms with van der Waals surface area (Å²) in [6.07, 6.45) is 1.52. The third kappa shape index (κ3) is 3.72. The van der Waals surface area contributed by atoms with Gasteiger partial charge in [-0.3, -0.25) is 9.69 Å². The lowest BCUT2D eigenvalue weighted by Gasteiger charge is -2.46. The molecule has 0 unspecified atom stereocenters. The van der Waals surface area contributed by atoms with Crippen LogP contribution in [0.25, 0.3) is 0 Å². The average Bonchev–Trinajstić information content (AvgIpc) is 2.55. The molecule has 2 N–H and O–H groups in total. The van der Waals surface area contributed by atoms with Crippen molar-refractivity contribution in [1.29, 1.82) is 0 Å². The number of hydrogen-bond donors (Lipinski definition) is 1. The van der Waals surface area contributed by atoms with Crippen molar-refractivity contribution in [3.63, 3.8) is 0 Å². The van der Waals surface area contributed by atoms with Crippen LogP contribution in [0, 0.1) is 12.8 Å². The van der Waals surface area contributed by atoms with Gasteiger partial charge >= 0.3 is 0 Å². The second-order valence-corrected chi connectivity index (χ2v) is 8.99. The number of likely N-dealkylation sites (tertiary alicyclic amines) is 1. The summed E-state index contributed by atoms with van der Waals surface area (Å²) in [7, 11) is -3.48. The second-order valence-electron chi connectivity index (χ2n) is 7.05. The predicted octanol–water partition coefficient (Wildman–Crippen LogP) is 0.964. The second kappa shape index (κ2) is 7.54. The number of piperidine rings is 1. The number of nitrogens with two attached hydrogens (primary N) is 1. The fourth-order valence-corrected chi connectivity index (χ4v) is 5.24. The lowest BCUT2D eigenvalue weighted by atomic mass is 9.94. The molecule has 2 heterocycles. The largest absolute Gasteiger partial charge is 0.494 e. The van der Waals surface area contributed by atoms with E-state index in [1.54, 1.807) is 18.2 Å². The highest BCUT2D eigenvalue weighted by Crippen LogP contribution is 2.29. The van der Waals surface area contributed by atoms with Gasteiger partial charge in [0.15, 0.2) is 0 Å². The smallest absolute Gasteiger partial charge is 0.243 e. The fraction of sp³-hybridized carbons (Fsp3) is 0.611. The quantitative estimate of drug-likeness (QED) is 0.792. The molecule has 1 aromatic rings. The van der Waals surface area contributed by atoms with E-state index < -0.39 is 10.0 Å². The molecule has 0 spiro atoms. The number of hydrogen-bond acceptors (Lipinski definition) is 5. The van der Waals surface area contributed by atoms with E-state index in [9.17, 15) is 13.2 Å². The monoisotopic (exact) mass is 381 g/mol. The lowest BCUT2D eigenvalue weighted by molar-refractivity contribution is -0.123. The summed E-state index contributed by atoms with van der Waals surface area (Å²) in [5.74, 6) is 0.441. The molecule has 2 fully saturated rings. The number of benzene rings is 1. The van der Waals surface area contributed by atoms with E-state index in [-0.39, 0.29) is 17.9 Å². The van der Waals surface area contributed by atoms with Crippen LogP contribution in [0.15, 0.2) is 23.1 Å². The minimum atomic E-state index is -3.48. The zero-order chi connectivity index (χ0) is 18.9. The highest BCUT2D eigenvalue weighted by Gasteiger charge is 2.41. The molecular weight excluding hydrogens is 354 g/mol. The van der Waals surface area contributed by atoms with Crippen molar-refractivity contribution in [3.8, 4) is 5.75 Å². The van der Waals surface area contributed by atoms with E-state index >= 15 is 0 Å². The van der Waals surface area contributed by atoms with Gasteiger partial charge in [-0.2, -0.15) is 4.31 Å². The van der Waals surface area contributed by atoms with Crippen molar-refractivity contribution in [2.45, 2.75) is 37.6 Å². The van der Waals surface area contributed by atoms with E-state index in [0.717, 1.165) is 31.5 Å². The molecule has 26 heavy (non-hydrogen) atoms. The van der Waals surface area contributed by atoms with Gasteiger partial charge in [-0.25, -0.2) is 8.42 Å². The molecule has 0 aromatic heterocycles. The van der Waals surface area contributed by atoms with Crippen LogP contribution in [0.5, 0.6) is 5.75 Å². The number of ether oxygens (including phenoxy) is 1. The summed E-state index contributed by atoms with van der Waals surface area (Å²) in [6, 6.07) is 5.23. The molecule has 3 rings (SSSR count). The minimum Gasteiger partial charge on any atom is -0.494 e. The summed E-state index contributed by atoms with van der Waals surface area (Å²) in [4.78, 5) is 13.8. The zero-order valence-corrected chi connectivity index (χ0v) is 16.2. The molecule has 1 aromatic carbocycles. The summed E-state index contributed by atoms with van der Waals surface area (Å²) in [5.41, 5.74) is 6.18. The van der Waals surface area contributed by atoms with E-state index in [4.69, 9.17) is 10.5 Å². The highest BCUT2D eigenvalue weighted by molar-refractivity contribution is 7.89. The summed E-state index contributed by atoms with van der Waals surface area (Å²) in [6.45, 7) is 6.89. The van der Waals surface area contributed by atoms with Crippen LogP contribution in [0.2, 0.25) is 0 Å². The summed E-state index contributed by atoms with van der Waals surface area (Å²) < 4.78 is 32.6. The Labute approximate surface area is 155 Å². The summed E-state index contributed by atoms with van der Waals surface area (Å²) in [5, 5.41) is 0. The number of aryl methyl sites for hydroxylation is 1. The molecule has 0 aliphatic carbocycles. The minimum absolute atomic E-state index is 0.0435. The van der Waals surface area contributed by atoms with Crippen molar-refractivity contribution < 1.29 is 17.9 Å². The number of carbonyl (C=O) groups is 1. The normalized spacial score (nSPS) is 20.7.